The SMILES string of the molecule is Cc1ccc2c(c1)c1nccnc1n1c3ccccc3nc21. The lowest BCUT2D eigenvalue weighted by atomic mass is 10.1. The Morgan fingerprint density at radius 1 is 0.864 bits per heavy atom. The quantitative estimate of drug-likeness (QED) is 0.405. The van der Waals surface area contributed by atoms with Crippen molar-refractivity contribution in [3.63, 3.8) is 0 Å². The van der Waals surface area contributed by atoms with Gasteiger partial charge in [0.2, 0.25) is 0 Å². The number of rotatable bonds is 0. The van der Waals surface area contributed by atoms with Crippen molar-refractivity contribution in [2.45, 2.75) is 6.92 Å². The molecule has 0 saturated carbocycles. The van der Waals surface area contributed by atoms with E-state index in [2.05, 4.69) is 45.6 Å². The van der Waals surface area contributed by atoms with E-state index in [1.165, 1.54) is 5.56 Å². The number of hydrogen-bond donors (Lipinski definition) is 0. The summed E-state index contributed by atoms with van der Waals surface area (Å²) in [5.41, 5.74) is 5.94. The van der Waals surface area contributed by atoms with Gasteiger partial charge in [0.05, 0.1) is 11.0 Å². The van der Waals surface area contributed by atoms with Crippen molar-refractivity contribution in [2.24, 2.45) is 0 Å². The minimum absolute atomic E-state index is 0.851. The lowest BCUT2D eigenvalue weighted by Gasteiger charge is -2.07. The predicted octanol–water partition coefficient (Wildman–Crippen LogP) is 3.89. The number of hydrogen-bond acceptors (Lipinski definition) is 3. The Balaban J connectivity index is 2.22. The van der Waals surface area contributed by atoms with Crippen LogP contribution < -0.4 is 0 Å². The third kappa shape index (κ3) is 1.39. The minimum atomic E-state index is 0.851. The van der Waals surface area contributed by atoms with E-state index >= 15 is 0 Å². The molecule has 22 heavy (non-hydrogen) atoms. The number of benzene rings is 2. The van der Waals surface area contributed by atoms with Crippen LogP contribution in [0.3, 0.4) is 0 Å². The van der Waals surface area contributed by atoms with Crippen molar-refractivity contribution < 1.29 is 0 Å². The molecule has 4 heteroatoms. The maximum atomic E-state index is 4.82. The summed E-state index contributed by atoms with van der Waals surface area (Å²) >= 11 is 0. The molecule has 104 valence electrons. The lowest BCUT2D eigenvalue weighted by molar-refractivity contribution is 1.19. The van der Waals surface area contributed by atoms with E-state index in [9.17, 15) is 0 Å². The molecule has 0 radical (unpaired) electrons. The van der Waals surface area contributed by atoms with Crippen molar-refractivity contribution in [1.29, 1.82) is 0 Å². The van der Waals surface area contributed by atoms with Crippen molar-refractivity contribution in [3.8, 4) is 0 Å². The highest BCUT2D eigenvalue weighted by molar-refractivity contribution is 6.11. The fraction of sp³-hybridized carbons (Fsp3) is 0.0556. The van der Waals surface area contributed by atoms with E-state index in [-0.39, 0.29) is 0 Å². The summed E-state index contributed by atoms with van der Waals surface area (Å²) < 4.78 is 2.11. The van der Waals surface area contributed by atoms with Crippen LogP contribution in [-0.4, -0.2) is 19.4 Å². The van der Waals surface area contributed by atoms with Gasteiger partial charge in [-0.25, -0.2) is 9.97 Å². The van der Waals surface area contributed by atoms with Crippen LogP contribution in [0, 0.1) is 6.92 Å². The molecule has 0 N–H and O–H groups in total. The molecule has 0 aliphatic carbocycles. The van der Waals surface area contributed by atoms with Crippen LogP contribution in [0.15, 0.2) is 54.9 Å². The highest BCUT2D eigenvalue weighted by Crippen LogP contribution is 2.30. The van der Waals surface area contributed by atoms with Gasteiger partial charge in [0.15, 0.2) is 5.65 Å². The molecule has 0 amide bonds. The highest BCUT2D eigenvalue weighted by Gasteiger charge is 2.14. The molecule has 0 bridgehead atoms. The smallest absolute Gasteiger partial charge is 0.165 e. The van der Waals surface area contributed by atoms with E-state index in [1.54, 1.807) is 12.4 Å². The van der Waals surface area contributed by atoms with Gasteiger partial charge in [0.1, 0.15) is 11.2 Å². The van der Waals surface area contributed by atoms with Gasteiger partial charge in [-0.1, -0.05) is 29.8 Å². The van der Waals surface area contributed by atoms with Crippen molar-refractivity contribution in [3.05, 3.63) is 60.4 Å². The second-order valence-electron chi connectivity index (χ2n) is 5.54. The fourth-order valence-electron chi connectivity index (χ4n) is 3.15. The minimum Gasteiger partial charge on any atom is -0.274 e. The van der Waals surface area contributed by atoms with Gasteiger partial charge in [-0.15, -0.1) is 0 Å². The van der Waals surface area contributed by atoms with E-state index < -0.39 is 0 Å². The Morgan fingerprint density at radius 3 is 2.68 bits per heavy atom. The molecule has 0 fully saturated rings. The number of fused-ring (bicyclic) bond motifs is 8. The maximum Gasteiger partial charge on any atom is 0.165 e. The number of pyridine rings is 1. The Labute approximate surface area is 126 Å². The molecule has 0 atom stereocenters. The summed E-state index contributed by atoms with van der Waals surface area (Å²) in [7, 11) is 0. The third-order valence-corrected chi connectivity index (χ3v) is 4.12. The van der Waals surface area contributed by atoms with E-state index in [4.69, 9.17) is 4.98 Å². The first-order chi connectivity index (χ1) is 10.8. The maximum absolute atomic E-state index is 4.82. The number of aryl methyl sites for hydroxylation is 1. The van der Waals surface area contributed by atoms with Crippen molar-refractivity contribution in [1.82, 2.24) is 19.4 Å². The molecule has 0 saturated heterocycles. The normalized spacial score (nSPS) is 11.9. The van der Waals surface area contributed by atoms with E-state index in [0.717, 1.165) is 38.6 Å². The van der Waals surface area contributed by atoms with Gasteiger partial charge < -0.3 is 0 Å². The van der Waals surface area contributed by atoms with E-state index in [0.29, 0.717) is 0 Å². The Morgan fingerprint density at radius 2 is 1.73 bits per heavy atom. The highest BCUT2D eigenvalue weighted by atomic mass is 15.1. The molecule has 4 nitrogen and oxygen atoms in total. The second-order valence-corrected chi connectivity index (χ2v) is 5.54. The van der Waals surface area contributed by atoms with Crippen LogP contribution >= 0.6 is 0 Å². The second kappa shape index (κ2) is 4.01. The Kier molecular flexibility index (Phi) is 2.12. The topological polar surface area (TPSA) is 43.1 Å². The molecule has 0 aliphatic heterocycles. The van der Waals surface area contributed by atoms with Gasteiger partial charge in [-0.2, -0.15) is 0 Å². The lowest BCUT2D eigenvalue weighted by Crippen LogP contribution is -1.95. The van der Waals surface area contributed by atoms with E-state index in [1.807, 2.05) is 18.2 Å². The summed E-state index contributed by atoms with van der Waals surface area (Å²) in [6.45, 7) is 2.09. The molecule has 3 heterocycles. The standard InChI is InChI=1S/C18H12N4/c1-11-6-7-12-13(10-11)16-18(20-9-8-19-16)22-15-5-3-2-4-14(15)21-17(12)22/h2-10H,1H3. The zero-order valence-electron chi connectivity index (χ0n) is 12.0. The van der Waals surface area contributed by atoms with Gasteiger partial charge in [0, 0.05) is 23.2 Å². The summed E-state index contributed by atoms with van der Waals surface area (Å²) in [5, 5.41) is 2.21. The van der Waals surface area contributed by atoms with Crippen LogP contribution in [0.1, 0.15) is 5.56 Å². The first kappa shape index (κ1) is 11.6. The largest absolute Gasteiger partial charge is 0.274 e. The van der Waals surface area contributed by atoms with Crippen molar-refractivity contribution >= 4 is 38.6 Å². The monoisotopic (exact) mass is 284 g/mol. The number of imidazole rings is 1. The molecule has 0 spiro atoms. The van der Waals surface area contributed by atoms with Gasteiger partial charge >= 0.3 is 0 Å². The van der Waals surface area contributed by atoms with Crippen LogP contribution in [0.4, 0.5) is 0 Å². The molecular formula is C18H12N4. The number of para-hydroxylation sites is 2. The molecule has 5 aromatic rings. The molecular weight excluding hydrogens is 272 g/mol. The third-order valence-electron chi connectivity index (χ3n) is 4.12. The first-order valence-corrected chi connectivity index (χ1v) is 7.23. The van der Waals surface area contributed by atoms with Crippen LogP contribution in [0.2, 0.25) is 0 Å². The summed E-state index contributed by atoms with van der Waals surface area (Å²) in [6, 6.07) is 14.5. The zero-order valence-corrected chi connectivity index (χ0v) is 12.0. The summed E-state index contributed by atoms with van der Waals surface area (Å²) in [6.07, 6.45) is 3.48. The average Bonchev–Trinajstić information content (AvgIpc) is 2.94. The fourth-order valence-corrected chi connectivity index (χ4v) is 3.15. The van der Waals surface area contributed by atoms with Gasteiger partial charge in [0.25, 0.3) is 0 Å². The van der Waals surface area contributed by atoms with Crippen LogP contribution in [0.25, 0.3) is 38.6 Å². The van der Waals surface area contributed by atoms with Gasteiger partial charge in [-0.05, 0) is 25.1 Å². The number of aromatic nitrogens is 4. The average molecular weight is 284 g/mol. The summed E-state index contributed by atoms with van der Waals surface area (Å²) in [4.78, 5) is 14.0. The van der Waals surface area contributed by atoms with Crippen molar-refractivity contribution in [2.75, 3.05) is 0 Å². The molecule has 3 aromatic heterocycles. The molecule has 5 rings (SSSR count). The Hall–Kier alpha value is -3.01. The summed E-state index contributed by atoms with van der Waals surface area (Å²) in [5.74, 6) is 0. The van der Waals surface area contributed by atoms with Crippen LogP contribution in [-0.2, 0) is 0 Å². The predicted molar refractivity (Wildman–Crippen MR) is 88.0 cm³/mol. The van der Waals surface area contributed by atoms with Gasteiger partial charge in [-0.3, -0.25) is 9.38 Å². The zero-order chi connectivity index (χ0) is 14.7. The molecule has 2 aromatic carbocycles. The Bertz CT molecular complexity index is 1190. The first-order valence-electron chi connectivity index (χ1n) is 7.23. The molecule has 0 aliphatic rings. The number of nitrogens with zero attached hydrogens (tertiary/aromatic N) is 4. The molecule has 0 unspecified atom stereocenters. The van der Waals surface area contributed by atoms with Crippen LogP contribution in [0.5, 0.6) is 0 Å².